The van der Waals surface area contributed by atoms with E-state index in [2.05, 4.69) is 86.8 Å². The number of unbranched alkanes of at least 4 members (excludes halogenated alkanes) is 15. The van der Waals surface area contributed by atoms with E-state index in [1.54, 1.807) is 0 Å². The third kappa shape index (κ3) is 37.8. The molecule has 0 spiro atoms. The Hall–Kier alpha value is -2.62. The molecule has 0 fully saturated rings. The van der Waals surface area contributed by atoms with Crippen molar-refractivity contribution in [1.29, 1.82) is 0 Å². The summed E-state index contributed by atoms with van der Waals surface area (Å²) in [6, 6.07) is 0. The van der Waals surface area contributed by atoms with E-state index in [0.717, 1.165) is 89.9 Å². The number of carbonyl (C=O) groups excluding carboxylic acids is 1. The molecule has 1 unspecified atom stereocenters. The first-order chi connectivity index (χ1) is 23.6. The standard InChI is InChI=1S/C44H74O4/c1-3-5-6-7-8-9-10-11-12-13-14-15-16-17-18-23-26-29-32-35-38-41-44(47)48-42(4-2)39-36-33-30-27-24-21-19-20-22-25-28-31-34-37-40-43(45)46/h5-6,8-9,11-12,14-15,17-18,26,29,42H,3-4,7,10,13,16,19-25,27-28,30-41H2,1-2H3,(H,45,46)/b6-5-,9-8-,12-11-,15-14-,18-17-,29-26-. The summed E-state index contributed by atoms with van der Waals surface area (Å²) in [4.78, 5) is 22.8. The van der Waals surface area contributed by atoms with Gasteiger partial charge >= 0.3 is 11.9 Å². The molecule has 1 atom stereocenters. The second-order valence-electron chi connectivity index (χ2n) is 13.1. The van der Waals surface area contributed by atoms with Gasteiger partial charge in [0, 0.05) is 12.8 Å². The zero-order valence-corrected chi connectivity index (χ0v) is 31.3. The Kier molecular flexibility index (Phi) is 36.7. The molecule has 48 heavy (non-hydrogen) atoms. The molecule has 0 aromatic rings. The van der Waals surface area contributed by atoms with Gasteiger partial charge in [-0.25, -0.2) is 0 Å². The molecule has 4 nitrogen and oxygen atoms in total. The van der Waals surface area contributed by atoms with E-state index >= 15 is 0 Å². The second kappa shape index (κ2) is 38.8. The van der Waals surface area contributed by atoms with Crippen molar-refractivity contribution in [3.63, 3.8) is 0 Å². The number of hydrogen-bond donors (Lipinski definition) is 1. The topological polar surface area (TPSA) is 63.6 Å². The number of esters is 1. The van der Waals surface area contributed by atoms with Gasteiger partial charge in [0.2, 0.25) is 0 Å². The number of carboxylic acid groups (broad SMARTS) is 1. The lowest BCUT2D eigenvalue weighted by Crippen LogP contribution is -2.17. The molecule has 0 heterocycles. The molecule has 1 N–H and O–H groups in total. The smallest absolute Gasteiger partial charge is 0.306 e. The van der Waals surface area contributed by atoms with Crippen LogP contribution in [0.15, 0.2) is 72.9 Å². The maximum absolute atomic E-state index is 12.3. The Morgan fingerprint density at radius 3 is 1.27 bits per heavy atom. The first-order valence-electron chi connectivity index (χ1n) is 19.9. The molecule has 4 heteroatoms. The fraction of sp³-hybridized carbons (Fsp3) is 0.682. The van der Waals surface area contributed by atoms with Gasteiger partial charge in [0.15, 0.2) is 0 Å². The molecule has 0 rings (SSSR count). The summed E-state index contributed by atoms with van der Waals surface area (Å²) in [6.45, 7) is 4.28. The second-order valence-corrected chi connectivity index (χ2v) is 13.1. The van der Waals surface area contributed by atoms with E-state index in [0.29, 0.717) is 12.8 Å². The molecule has 274 valence electrons. The van der Waals surface area contributed by atoms with Gasteiger partial charge in [0.05, 0.1) is 0 Å². The average molecular weight is 667 g/mol. The van der Waals surface area contributed by atoms with Gasteiger partial charge in [-0.15, -0.1) is 0 Å². The summed E-state index contributed by atoms with van der Waals surface area (Å²) in [5.74, 6) is -0.696. The molecule has 0 aromatic carbocycles. The van der Waals surface area contributed by atoms with Crippen LogP contribution in [0.2, 0.25) is 0 Å². The molecule has 0 aliphatic carbocycles. The summed E-state index contributed by atoms with van der Waals surface area (Å²) in [5.41, 5.74) is 0. The highest BCUT2D eigenvalue weighted by molar-refractivity contribution is 5.69. The summed E-state index contributed by atoms with van der Waals surface area (Å²) in [7, 11) is 0. The Bertz CT molecular complexity index is 892. The molecular weight excluding hydrogens is 592 g/mol. The maximum Gasteiger partial charge on any atom is 0.306 e. The normalized spacial score (nSPS) is 13.0. The molecule has 0 amide bonds. The first kappa shape index (κ1) is 45.4. The SMILES string of the molecule is CC/C=C\C/C=C\C/C=C\C/C=C\C/C=C\C/C=C\CCCCC(=O)OC(CC)CCCCCCCCCCCCCCCCC(=O)O. The minimum atomic E-state index is -0.670. The van der Waals surface area contributed by atoms with Gasteiger partial charge in [-0.1, -0.05) is 164 Å². The number of carboxylic acids is 1. The minimum Gasteiger partial charge on any atom is -0.481 e. The molecule has 0 radical (unpaired) electrons. The number of allylic oxidation sites excluding steroid dienone is 12. The van der Waals surface area contributed by atoms with Crippen LogP contribution < -0.4 is 0 Å². The summed E-state index contributed by atoms with van der Waals surface area (Å²) in [6.07, 6.45) is 55.8. The van der Waals surface area contributed by atoms with E-state index in [4.69, 9.17) is 9.84 Å². The highest BCUT2D eigenvalue weighted by Crippen LogP contribution is 2.16. The maximum atomic E-state index is 12.3. The minimum absolute atomic E-state index is 0.0252. The van der Waals surface area contributed by atoms with Crippen LogP contribution in [0.25, 0.3) is 0 Å². The Labute approximate surface area is 297 Å². The van der Waals surface area contributed by atoms with Gasteiger partial charge < -0.3 is 9.84 Å². The van der Waals surface area contributed by atoms with Crippen molar-refractivity contribution >= 4 is 11.9 Å². The van der Waals surface area contributed by atoms with E-state index in [9.17, 15) is 9.59 Å². The number of aliphatic carboxylic acids is 1. The Morgan fingerprint density at radius 1 is 0.479 bits per heavy atom. The molecule has 0 aromatic heterocycles. The molecular formula is C44H74O4. The molecule has 0 aliphatic rings. The monoisotopic (exact) mass is 667 g/mol. The lowest BCUT2D eigenvalue weighted by Gasteiger charge is -2.16. The van der Waals surface area contributed by atoms with E-state index in [-0.39, 0.29) is 12.1 Å². The molecule has 0 saturated carbocycles. The van der Waals surface area contributed by atoms with Gasteiger partial charge in [0.1, 0.15) is 6.10 Å². The van der Waals surface area contributed by atoms with Gasteiger partial charge in [0.25, 0.3) is 0 Å². The van der Waals surface area contributed by atoms with Crippen molar-refractivity contribution in [3.05, 3.63) is 72.9 Å². The fourth-order valence-electron chi connectivity index (χ4n) is 5.53. The van der Waals surface area contributed by atoms with Crippen LogP contribution in [0.4, 0.5) is 0 Å². The van der Waals surface area contributed by atoms with Crippen LogP contribution >= 0.6 is 0 Å². The predicted octanol–water partition coefficient (Wildman–Crippen LogP) is 13.9. The Morgan fingerprint density at radius 2 is 0.854 bits per heavy atom. The van der Waals surface area contributed by atoms with Gasteiger partial charge in [-0.3, -0.25) is 9.59 Å². The van der Waals surface area contributed by atoms with E-state index in [1.807, 2.05) is 0 Å². The van der Waals surface area contributed by atoms with Gasteiger partial charge in [-0.05, 0) is 83.5 Å². The first-order valence-corrected chi connectivity index (χ1v) is 19.9. The van der Waals surface area contributed by atoms with Crippen LogP contribution in [0.3, 0.4) is 0 Å². The third-order valence-corrected chi connectivity index (χ3v) is 8.52. The Balaban J connectivity index is 3.58. The van der Waals surface area contributed by atoms with Crippen molar-refractivity contribution < 1.29 is 19.4 Å². The van der Waals surface area contributed by atoms with Crippen molar-refractivity contribution in [2.45, 2.75) is 193 Å². The van der Waals surface area contributed by atoms with Crippen molar-refractivity contribution in [2.75, 3.05) is 0 Å². The quantitative estimate of drug-likeness (QED) is 0.0415. The van der Waals surface area contributed by atoms with Crippen LogP contribution in [0, 0.1) is 0 Å². The highest BCUT2D eigenvalue weighted by Gasteiger charge is 2.12. The van der Waals surface area contributed by atoms with Crippen LogP contribution in [0.1, 0.15) is 187 Å². The van der Waals surface area contributed by atoms with Crippen molar-refractivity contribution in [3.8, 4) is 0 Å². The lowest BCUT2D eigenvalue weighted by molar-refractivity contribution is -0.149. The molecule has 0 saturated heterocycles. The summed E-state index contributed by atoms with van der Waals surface area (Å²) in [5, 5.41) is 8.66. The van der Waals surface area contributed by atoms with Crippen LogP contribution in [0.5, 0.6) is 0 Å². The summed E-state index contributed by atoms with van der Waals surface area (Å²) < 4.78 is 5.77. The zero-order chi connectivity index (χ0) is 35.0. The average Bonchev–Trinajstić information content (AvgIpc) is 3.08. The number of hydrogen-bond acceptors (Lipinski definition) is 3. The lowest BCUT2D eigenvalue weighted by atomic mass is 10.0. The zero-order valence-electron chi connectivity index (χ0n) is 31.3. The molecule has 0 bridgehead atoms. The predicted molar refractivity (Wildman–Crippen MR) is 208 cm³/mol. The number of ether oxygens (including phenoxy) is 1. The number of carbonyl (C=O) groups is 2. The fourth-order valence-corrected chi connectivity index (χ4v) is 5.53. The van der Waals surface area contributed by atoms with Gasteiger partial charge in [-0.2, -0.15) is 0 Å². The molecule has 0 aliphatic heterocycles. The number of rotatable bonds is 35. The van der Waals surface area contributed by atoms with Crippen molar-refractivity contribution in [2.24, 2.45) is 0 Å². The third-order valence-electron chi connectivity index (χ3n) is 8.52. The van der Waals surface area contributed by atoms with E-state index in [1.165, 1.54) is 70.6 Å². The highest BCUT2D eigenvalue weighted by atomic mass is 16.5. The largest absolute Gasteiger partial charge is 0.481 e. The van der Waals surface area contributed by atoms with E-state index < -0.39 is 5.97 Å². The summed E-state index contributed by atoms with van der Waals surface area (Å²) >= 11 is 0. The van der Waals surface area contributed by atoms with Crippen molar-refractivity contribution in [1.82, 2.24) is 0 Å². The van der Waals surface area contributed by atoms with Crippen LogP contribution in [-0.2, 0) is 14.3 Å². The van der Waals surface area contributed by atoms with Crippen LogP contribution in [-0.4, -0.2) is 23.1 Å².